The maximum atomic E-state index is 10.9. The second kappa shape index (κ2) is 7.53. The predicted molar refractivity (Wildman–Crippen MR) is 98.1 cm³/mol. The molecule has 2 aromatic carbocycles. The van der Waals surface area contributed by atoms with Crippen LogP contribution in [0.5, 0.6) is 0 Å². The number of quaternary nitrogens is 1. The lowest BCUT2D eigenvalue weighted by Crippen LogP contribution is -3.09. The lowest BCUT2D eigenvalue weighted by atomic mass is 10.1. The van der Waals surface area contributed by atoms with Gasteiger partial charge >= 0.3 is 0 Å². The first-order chi connectivity index (χ1) is 13.5. The largest absolute Gasteiger partial charge is 0.545 e. The fourth-order valence-electron chi connectivity index (χ4n) is 3.74. The minimum Gasteiger partial charge on any atom is -0.545 e. The third kappa shape index (κ3) is 3.81. The predicted octanol–water partition coefficient (Wildman–Crippen LogP) is 0.299. The Labute approximate surface area is 162 Å². The van der Waals surface area contributed by atoms with Crippen molar-refractivity contribution < 1.29 is 24.4 Å². The van der Waals surface area contributed by atoms with E-state index in [0.29, 0.717) is 31.2 Å². The van der Waals surface area contributed by atoms with Gasteiger partial charge in [0.1, 0.15) is 19.2 Å². The Hall–Kier alpha value is -3.03. The van der Waals surface area contributed by atoms with E-state index in [0.717, 1.165) is 21.6 Å². The number of hydrogen-bond donors (Lipinski definition) is 2. The number of aliphatic hydroxyl groups is 1. The van der Waals surface area contributed by atoms with Crippen molar-refractivity contribution in [1.82, 2.24) is 10.1 Å². The summed E-state index contributed by atoms with van der Waals surface area (Å²) in [5, 5.41) is 25.2. The number of likely N-dealkylation sites (tertiary alicyclic amines) is 1. The molecule has 1 unspecified atom stereocenters. The molecule has 28 heavy (non-hydrogen) atoms. The summed E-state index contributed by atoms with van der Waals surface area (Å²) >= 11 is 0. The number of benzene rings is 2. The molecule has 1 aromatic heterocycles. The quantitative estimate of drug-likeness (QED) is 0.661. The molecule has 2 heterocycles. The van der Waals surface area contributed by atoms with E-state index in [-0.39, 0.29) is 11.6 Å². The topological polar surface area (TPSA) is 104 Å². The van der Waals surface area contributed by atoms with E-state index in [1.807, 2.05) is 31.2 Å². The van der Waals surface area contributed by atoms with Crippen molar-refractivity contribution in [2.45, 2.75) is 32.0 Å². The van der Waals surface area contributed by atoms with Gasteiger partial charge in [0, 0.05) is 17.5 Å². The van der Waals surface area contributed by atoms with Gasteiger partial charge in [-0.3, -0.25) is 0 Å². The highest BCUT2D eigenvalue weighted by Crippen LogP contribution is 2.23. The van der Waals surface area contributed by atoms with Crippen molar-refractivity contribution in [2.75, 3.05) is 6.54 Å². The molecular weight excluding hydrogens is 358 g/mol. The Morgan fingerprint density at radius 2 is 2.07 bits per heavy atom. The number of rotatable bonds is 5. The number of carbonyl (C=O) groups excluding carboxylic acids is 1. The van der Waals surface area contributed by atoms with Gasteiger partial charge in [0.25, 0.3) is 5.89 Å². The van der Waals surface area contributed by atoms with Gasteiger partial charge in [-0.2, -0.15) is 4.98 Å². The summed E-state index contributed by atoms with van der Waals surface area (Å²) in [6.07, 6.45) is 0.0962. The molecule has 144 valence electrons. The fraction of sp³-hybridized carbons (Fsp3) is 0.286. The third-order valence-electron chi connectivity index (χ3n) is 5.14. The summed E-state index contributed by atoms with van der Waals surface area (Å²) in [5.41, 5.74) is 3.13. The maximum Gasteiger partial charge on any atom is 0.285 e. The van der Waals surface area contributed by atoms with Crippen molar-refractivity contribution >= 4 is 5.97 Å². The first-order valence-electron chi connectivity index (χ1n) is 9.23. The van der Waals surface area contributed by atoms with E-state index in [1.54, 1.807) is 12.1 Å². The Morgan fingerprint density at radius 3 is 2.79 bits per heavy atom. The summed E-state index contributed by atoms with van der Waals surface area (Å²) in [7, 11) is 0. The monoisotopic (exact) mass is 379 g/mol. The van der Waals surface area contributed by atoms with Crippen LogP contribution in [0.1, 0.15) is 39.8 Å². The van der Waals surface area contributed by atoms with E-state index in [2.05, 4.69) is 10.1 Å². The average molecular weight is 379 g/mol. The van der Waals surface area contributed by atoms with Gasteiger partial charge in [0.15, 0.2) is 6.04 Å². The van der Waals surface area contributed by atoms with Gasteiger partial charge in [0.2, 0.25) is 5.82 Å². The summed E-state index contributed by atoms with van der Waals surface area (Å²) in [4.78, 5) is 16.6. The van der Waals surface area contributed by atoms with E-state index in [1.165, 1.54) is 12.1 Å². The van der Waals surface area contributed by atoms with E-state index in [4.69, 9.17) is 4.52 Å². The van der Waals surface area contributed by atoms with Gasteiger partial charge in [-0.1, -0.05) is 53.2 Å². The van der Waals surface area contributed by atoms with Crippen LogP contribution in [-0.4, -0.2) is 33.9 Å². The first-order valence-corrected chi connectivity index (χ1v) is 9.23. The van der Waals surface area contributed by atoms with E-state index in [9.17, 15) is 15.0 Å². The molecule has 0 amide bonds. The zero-order valence-corrected chi connectivity index (χ0v) is 15.5. The molecule has 0 spiro atoms. The number of hydrogen-bond acceptors (Lipinski definition) is 6. The van der Waals surface area contributed by atoms with Crippen molar-refractivity contribution in [3.8, 4) is 11.4 Å². The highest BCUT2D eigenvalue weighted by molar-refractivity contribution is 5.85. The highest BCUT2D eigenvalue weighted by Gasteiger charge is 2.40. The number of carbonyl (C=O) groups is 1. The Balaban J connectivity index is 1.54. The van der Waals surface area contributed by atoms with Crippen LogP contribution in [0.25, 0.3) is 11.4 Å². The van der Waals surface area contributed by atoms with E-state index >= 15 is 0 Å². The molecule has 4 rings (SSSR count). The molecule has 3 aromatic rings. The number of nitrogens with zero attached hydrogens (tertiary/aromatic N) is 2. The first kappa shape index (κ1) is 18.3. The molecule has 1 fully saturated rings. The zero-order chi connectivity index (χ0) is 19.7. The fourth-order valence-corrected chi connectivity index (χ4v) is 3.74. The minimum absolute atomic E-state index is 0.109. The summed E-state index contributed by atoms with van der Waals surface area (Å²) in [6, 6.07) is 14.4. The number of aryl methyl sites for hydroxylation is 1. The third-order valence-corrected chi connectivity index (χ3v) is 5.14. The van der Waals surface area contributed by atoms with Crippen molar-refractivity contribution in [3.63, 3.8) is 0 Å². The van der Waals surface area contributed by atoms with Gasteiger partial charge < -0.3 is 24.4 Å². The highest BCUT2D eigenvalue weighted by atomic mass is 16.5. The number of carboxylic acid groups (broad SMARTS) is 1. The van der Waals surface area contributed by atoms with Crippen LogP contribution in [0.2, 0.25) is 0 Å². The van der Waals surface area contributed by atoms with Crippen LogP contribution < -0.4 is 10.0 Å². The van der Waals surface area contributed by atoms with E-state index < -0.39 is 12.1 Å². The standard InChI is InChI=1S/C21H21N3O4/c1-13-3-2-4-16(9-13)19-22-20(28-23-19)18-10-17(25)12-24(18)11-14-5-7-15(8-6-14)21(26)27/h2-9,17-18,25H,10-12H2,1H3,(H,26,27)/t17-,18+/m1/s1. The van der Waals surface area contributed by atoms with Gasteiger partial charge in [-0.05, 0) is 18.6 Å². The van der Waals surface area contributed by atoms with Crippen LogP contribution in [0.15, 0.2) is 53.1 Å². The normalized spacial score (nSPS) is 21.7. The van der Waals surface area contributed by atoms with Crippen LogP contribution in [0.3, 0.4) is 0 Å². The molecule has 3 atom stereocenters. The second-order valence-corrected chi connectivity index (χ2v) is 7.29. The average Bonchev–Trinajstić information content (AvgIpc) is 3.29. The molecule has 0 saturated carbocycles. The van der Waals surface area contributed by atoms with Gasteiger partial charge in [-0.15, -0.1) is 0 Å². The lowest BCUT2D eigenvalue weighted by Gasteiger charge is -2.18. The zero-order valence-electron chi connectivity index (χ0n) is 15.5. The number of nitrogens with one attached hydrogen (secondary N) is 1. The summed E-state index contributed by atoms with van der Waals surface area (Å²) in [5.74, 6) is -0.143. The van der Waals surface area contributed by atoms with Gasteiger partial charge in [-0.25, -0.2) is 0 Å². The smallest absolute Gasteiger partial charge is 0.285 e. The molecule has 2 N–H and O–H groups in total. The molecule has 1 saturated heterocycles. The summed E-state index contributed by atoms with van der Waals surface area (Å²) < 4.78 is 5.53. The number of aromatic nitrogens is 2. The van der Waals surface area contributed by atoms with Crippen LogP contribution >= 0.6 is 0 Å². The number of aromatic carboxylic acids is 1. The molecular formula is C21H21N3O4. The summed E-state index contributed by atoms with van der Waals surface area (Å²) in [6.45, 7) is 3.20. The number of aliphatic hydroxyl groups excluding tert-OH is 1. The molecule has 1 aliphatic rings. The van der Waals surface area contributed by atoms with Crippen molar-refractivity contribution in [2.24, 2.45) is 0 Å². The SMILES string of the molecule is Cc1cccc(-c2noc([C@@H]3C[C@@H](O)C[NH+]3Cc3ccc(C(=O)[O-])cc3)n2)c1. The molecule has 0 aliphatic carbocycles. The molecule has 0 radical (unpaired) electrons. The van der Waals surface area contributed by atoms with Crippen LogP contribution in [0.4, 0.5) is 0 Å². The van der Waals surface area contributed by atoms with Crippen LogP contribution in [0, 0.1) is 6.92 Å². The molecule has 7 nitrogen and oxygen atoms in total. The van der Waals surface area contributed by atoms with Gasteiger partial charge in [0.05, 0.1) is 5.97 Å². The Kier molecular flexibility index (Phi) is 4.93. The molecule has 0 bridgehead atoms. The van der Waals surface area contributed by atoms with Crippen molar-refractivity contribution in [1.29, 1.82) is 0 Å². The Bertz CT molecular complexity index is 983. The number of carboxylic acids is 1. The van der Waals surface area contributed by atoms with Crippen molar-refractivity contribution in [3.05, 3.63) is 71.1 Å². The second-order valence-electron chi connectivity index (χ2n) is 7.29. The Morgan fingerprint density at radius 1 is 1.29 bits per heavy atom. The van der Waals surface area contributed by atoms with Crippen LogP contribution in [-0.2, 0) is 6.54 Å². The maximum absolute atomic E-state index is 10.9. The minimum atomic E-state index is -1.19. The lowest BCUT2D eigenvalue weighted by molar-refractivity contribution is -0.934. The molecule has 7 heteroatoms. The molecule has 1 aliphatic heterocycles.